The molecule has 0 bridgehead atoms. The molecule has 9 heteroatoms. The van der Waals surface area contributed by atoms with E-state index in [9.17, 15) is 9.59 Å². The Morgan fingerprint density at radius 3 is 2.44 bits per heavy atom. The van der Waals surface area contributed by atoms with E-state index < -0.39 is 18.1 Å². The first-order valence-electron chi connectivity index (χ1n) is 13.5. The quantitative estimate of drug-likeness (QED) is 0.193. The maximum Gasteiger partial charge on any atom is 0.307 e. The Hall–Kier alpha value is -4.79. The number of rotatable bonds is 12. The molecule has 0 saturated heterocycles. The van der Waals surface area contributed by atoms with Crippen LogP contribution in [0.5, 0.6) is 11.5 Å². The van der Waals surface area contributed by atoms with Crippen LogP contribution in [0, 0.1) is 0 Å². The largest absolute Gasteiger partial charge is 0.490 e. The lowest BCUT2D eigenvalue weighted by atomic mass is 10.0. The second kappa shape index (κ2) is 13.5. The minimum atomic E-state index is -0.845. The van der Waals surface area contributed by atoms with E-state index >= 15 is 0 Å². The number of methoxy groups -OCH3 is 1. The normalized spacial score (nSPS) is 12.4. The average molecular weight is 557 g/mol. The molecule has 3 aromatic carbocycles. The molecule has 4 N–H and O–H groups in total. The van der Waals surface area contributed by atoms with Crippen molar-refractivity contribution >= 4 is 34.2 Å². The van der Waals surface area contributed by atoms with Crippen LogP contribution in [0.4, 0.5) is 11.5 Å². The summed E-state index contributed by atoms with van der Waals surface area (Å²) >= 11 is 0. The van der Waals surface area contributed by atoms with E-state index in [0.717, 1.165) is 16.3 Å². The fraction of sp³-hybridized carbons (Fsp3) is 0.281. The molecule has 4 aromatic rings. The predicted molar refractivity (Wildman–Crippen MR) is 160 cm³/mol. The highest BCUT2D eigenvalue weighted by molar-refractivity contribution is 5.94. The van der Waals surface area contributed by atoms with Gasteiger partial charge in [-0.3, -0.25) is 9.59 Å². The van der Waals surface area contributed by atoms with E-state index in [2.05, 4.69) is 15.6 Å². The van der Waals surface area contributed by atoms with Crippen LogP contribution < -0.4 is 25.8 Å². The van der Waals surface area contributed by atoms with Crippen LogP contribution in [0.1, 0.15) is 50.4 Å². The van der Waals surface area contributed by atoms with Crippen molar-refractivity contribution in [3.05, 3.63) is 90.1 Å². The number of fused-ring (bicyclic) bond motifs is 1. The summed E-state index contributed by atoms with van der Waals surface area (Å²) in [5.41, 5.74) is 8.18. The Labute approximate surface area is 240 Å². The SMILES string of the molecule is CCOc1cc(C(Nc2ccc3c(N)nccc3c2)C(=O)N[C@H](CC(=O)OC)c2ccccc2)ccc1OC(C)C. The van der Waals surface area contributed by atoms with Crippen molar-refractivity contribution in [1.29, 1.82) is 0 Å². The average Bonchev–Trinajstić information content (AvgIpc) is 2.96. The molecule has 0 fully saturated rings. The van der Waals surface area contributed by atoms with Crippen molar-refractivity contribution in [1.82, 2.24) is 10.3 Å². The van der Waals surface area contributed by atoms with Gasteiger partial charge in [-0.05, 0) is 73.7 Å². The number of nitrogen functional groups attached to an aromatic ring is 1. The summed E-state index contributed by atoms with van der Waals surface area (Å²) in [6.07, 6.45) is 1.57. The lowest BCUT2D eigenvalue weighted by molar-refractivity contribution is -0.141. The fourth-order valence-corrected chi connectivity index (χ4v) is 4.52. The number of nitrogens with two attached hydrogens (primary N) is 1. The van der Waals surface area contributed by atoms with Gasteiger partial charge in [-0.15, -0.1) is 0 Å². The van der Waals surface area contributed by atoms with Crippen molar-refractivity contribution in [2.75, 3.05) is 24.8 Å². The Morgan fingerprint density at radius 2 is 1.73 bits per heavy atom. The fourth-order valence-electron chi connectivity index (χ4n) is 4.52. The van der Waals surface area contributed by atoms with Gasteiger partial charge in [0.2, 0.25) is 5.91 Å². The Bertz CT molecular complexity index is 1490. The summed E-state index contributed by atoms with van der Waals surface area (Å²) in [7, 11) is 1.33. The van der Waals surface area contributed by atoms with Crippen molar-refractivity contribution in [3.63, 3.8) is 0 Å². The Kier molecular flexibility index (Phi) is 9.63. The molecule has 0 saturated carbocycles. The van der Waals surface area contributed by atoms with Gasteiger partial charge >= 0.3 is 5.97 Å². The number of amides is 1. The van der Waals surface area contributed by atoms with Crippen LogP contribution in [0.2, 0.25) is 0 Å². The second-order valence-corrected chi connectivity index (χ2v) is 9.77. The van der Waals surface area contributed by atoms with Crippen LogP contribution in [-0.2, 0) is 14.3 Å². The Balaban J connectivity index is 1.73. The zero-order valence-corrected chi connectivity index (χ0v) is 23.7. The van der Waals surface area contributed by atoms with Gasteiger partial charge in [0.15, 0.2) is 11.5 Å². The van der Waals surface area contributed by atoms with Crippen LogP contribution >= 0.6 is 0 Å². The van der Waals surface area contributed by atoms with E-state index in [-0.39, 0.29) is 18.4 Å². The second-order valence-electron chi connectivity index (χ2n) is 9.77. The van der Waals surface area contributed by atoms with Crippen molar-refractivity contribution in [2.24, 2.45) is 0 Å². The lowest BCUT2D eigenvalue weighted by Gasteiger charge is -2.25. The van der Waals surface area contributed by atoms with E-state index in [1.807, 2.05) is 81.4 Å². The lowest BCUT2D eigenvalue weighted by Crippen LogP contribution is -2.37. The van der Waals surface area contributed by atoms with Crippen molar-refractivity contribution < 1.29 is 23.8 Å². The number of aromatic nitrogens is 1. The number of anilines is 2. The number of ether oxygens (including phenoxy) is 3. The van der Waals surface area contributed by atoms with Crippen molar-refractivity contribution in [3.8, 4) is 11.5 Å². The zero-order valence-electron chi connectivity index (χ0n) is 23.7. The van der Waals surface area contributed by atoms with Gasteiger partial charge in [-0.1, -0.05) is 36.4 Å². The number of hydrogen-bond acceptors (Lipinski definition) is 8. The van der Waals surface area contributed by atoms with Crippen LogP contribution in [0.3, 0.4) is 0 Å². The zero-order chi connectivity index (χ0) is 29.4. The molecule has 9 nitrogen and oxygen atoms in total. The van der Waals surface area contributed by atoms with E-state index in [4.69, 9.17) is 19.9 Å². The topological polar surface area (TPSA) is 125 Å². The minimum Gasteiger partial charge on any atom is -0.490 e. The first-order chi connectivity index (χ1) is 19.8. The van der Waals surface area contributed by atoms with Gasteiger partial charge < -0.3 is 30.6 Å². The van der Waals surface area contributed by atoms with E-state index in [1.165, 1.54) is 7.11 Å². The summed E-state index contributed by atoms with van der Waals surface area (Å²) in [4.78, 5) is 30.4. The number of esters is 1. The van der Waals surface area contributed by atoms with Gasteiger partial charge in [-0.25, -0.2) is 4.98 Å². The van der Waals surface area contributed by atoms with Crippen LogP contribution in [0.15, 0.2) is 79.0 Å². The maximum absolute atomic E-state index is 14.0. The molecule has 1 aromatic heterocycles. The summed E-state index contributed by atoms with van der Waals surface area (Å²) in [6, 6.07) is 20.8. The number of pyridine rings is 1. The maximum atomic E-state index is 14.0. The molecule has 2 atom stereocenters. The molecule has 1 heterocycles. The van der Waals surface area contributed by atoms with Gasteiger partial charge in [-0.2, -0.15) is 0 Å². The summed E-state index contributed by atoms with van der Waals surface area (Å²) < 4.78 is 16.7. The molecule has 214 valence electrons. The number of nitrogens with zero attached hydrogens (tertiary/aromatic N) is 1. The molecule has 0 radical (unpaired) electrons. The van der Waals surface area contributed by atoms with E-state index in [0.29, 0.717) is 35.2 Å². The number of nitrogens with one attached hydrogen (secondary N) is 2. The molecule has 0 aliphatic carbocycles. The standard InChI is InChI=1S/C32H36N4O5/c1-5-40-28-18-23(11-14-27(28)41-20(2)3)30(35-24-12-13-25-22(17-24)15-16-34-31(25)33)32(38)36-26(19-29(37)39-4)21-9-7-6-8-10-21/h6-18,20,26,30,35H,5,19H2,1-4H3,(H2,33,34)(H,36,38)/t26-,30?/m1/s1. The van der Waals surface area contributed by atoms with Gasteiger partial charge in [0.25, 0.3) is 0 Å². The van der Waals surface area contributed by atoms with Gasteiger partial charge in [0.1, 0.15) is 11.9 Å². The molecule has 1 unspecified atom stereocenters. The minimum absolute atomic E-state index is 0.0212. The third-order valence-corrected chi connectivity index (χ3v) is 6.45. The third-order valence-electron chi connectivity index (χ3n) is 6.45. The number of hydrogen-bond donors (Lipinski definition) is 3. The summed E-state index contributed by atoms with van der Waals surface area (Å²) in [6.45, 7) is 6.20. The summed E-state index contributed by atoms with van der Waals surface area (Å²) in [5, 5.41) is 8.13. The molecule has 0 aliphatic rings. The first-order valence-corrected chi connectivity index (χ1v) is 13.5. The molecular formula is C32H36N4O5. The predicted octanol–water partition coefficient (Wildman–Crippen LogP) is 5.58. The molecule has 0 aliphatic heterocycles. The Morgan fingerprint density at radius 1 is 0.951 bits per heavy atom. The number of carbonyl (C=O) groups is 2. The molecule has 0 spiro atoms. The van der Waals surface area contributed by atoms with Crippen LogP contribution in [-0.4, -0.2) is 36.7 Å². The molecule has 41 heavy (non-hydrogen) atoms. The van der Waals surface area contributed by atoms with Gasteiger partial charge in [0.05, 0.1) is 32.3 Å². The number of benzene rings is 3. The van der Waals surface area contributed by atoms with Crippen LogP contribution in [0.25, 0.3) is 10.8 Å². The molecule has 1 amide bonds. The highest BCUT2D eigenvalue weighted by Gasteiger charge is 2.27. The van der Waals surface area contributed by atoms with Gasteiger partial charge in [0, 0.05) is 17.3 Å². The summed E-state index contributed by atoms with van der Waals surface area (Å²) in [5.74, 6) is 0.783. The molecule has 4 rings (SSSR count). The monoisotopic (exact) mass is 556 g/mol. The smallest absolute Gasteiger partial charge is 0.307 e. The number of carbonyl (C=O) groups excluding carboxylic acids is 2. The van der Waals surface area contributed by atoms with Crippen molar-refractivity contribution in [2.45, 2.75) is 45.4 Å². The highest BCUT2D eigenvalue weighted by atomic mass is 16.5. The highest BCUT2D eigenvalue weighted by Crippen LogP contribution is 2.34. The third kappa shape index (κ3) is 7.45. The van der Waals surface area contributed by atoms with E-state index in [1.54, 1.807) is 18.3 Å². The first kappa shape index (κ1) is 29.2. The molecular weight excluding hydrogens is 520 g/mol.